The normalized spacial score (nSPS) is 31.6. The minimum Gasteiger partial charge on any atom is -0.486 e. The molecule has 8 nitrogen and oxygen atoms in total. The summed E-state index contributed by atoms with van der Waals surface area (Å²) in [6.45, 7) is 0.623. The second-order valence-corrected chi connectivity index (χ2v) is 11.3. The monoisotopic (exact) mass is 466 g/mol. The molecule has 1 saturated heterocycles. The Morgan fingerprint density at radius 3 is 2.12 bits per heavy atom. The molecule has 174 valence electrons. The number of nitrogens with zero attached hydrogens (tertiary/aromatic N) is 1. The van der Waals surface area contributed by atoms with E-state index in [1.807, 2.05) is 4.72 Å². The van der Waals surface area contributed by atoms with E-state index >= 15 is 4.39 Å². The van der Waals surface area contributed by atoms with Gasteiger partial charge in [-0.15, -0.1) is 0 Å². The fourth-order valence-electron chi connectivity index (χ4n) is 6.38. The third-order valence-corrected chi connectivity index (χ3v) is 9.08. The lowest BCUT2D eigenvalue weighted by molar-refractivity contribution is -0.0802. The number of carbonyl (C=O) groups is 2. The van der Waals surface area contributed by atoms with Gasteiger partial charge in [-0.1, -0.05) is 0 Å². The molecule has 1 aliphatic heterocycles. The van der Waals surface area contributed by atoms with E-state index in [4.69, 9.17) is 4.74 Å². The molecular formula is C22H27FN2O6S. The summed E-state index contributed by atoms with van der Waals surface area (Å²) in [4.78, 5) is 24.4. The molecule has 1 heterocycles. The quantitative estimate of drug-likeness (QED) is 0.667. The zero-order chi connectivity index (χ0) is 22.6. The second-order valence-electron chi connectivity index (χ2n) is 9.66. The maximum atomic E-state index is 15.2. The van der Waals surface area contributed by atoms with Crippen molar-refractivity contribution in [3.05, 3.63) is 29.1 Å². The molecule has 5 fully saturated rings. The molecule has 4 saturated carbocycles. The Bertz CT molecular complexity index is 1020. The van der Waals surface area contributed by atoms with Crippen LogP contribution < -0.4 is 9.46 Å². The summed E-state index contributed by atoms with van der Waals surface area (Å²) >= 11 is 0. The largest absolute Gasteiger partial charge is 0.486 e. The van der Waals surface area contributed by atoms with Gasteiger partial charge < -0.3 is 9.84 Å². The molecule has 1 aromatic rings. The Kier molecular flexibility index (Phi) is 5.40. The van der Waals surface area contributed by atoms with Gasteiger partial charge in [0.25, 0.3) is 5.91 Å². The molecule has 1 aromatic carbocycles. The van der Waals surface area contributed by atoms with Gasteiger partial charge in [0.1, 0.15) is 6.10 Å². The van der Waals surface area contributed by atoms with Crippen LogP contribution in [0, 0.1) is 29.5 Å². The number of carboxylic acids is 1. The minimum absolute atomic E-state index is 0.239. The van der Waals surface area contributed by atoms with Crippen LogP contribution in [-0.4, -0.2) is 48.9 Å². The van der Waals surface area contributed by atoms with Crippen LogP contribution in [0.3, 0.4) is 0 Å². The summed E-state index contributed by atoms with van der Waals surface area (Å²) < 4.78 is 49.6. The Balaban J connectivity index is 1.46. The van der Waals surface area contributed by atoms with Crippen LogP contribution in [0.4, 0.5) is 4.39 Å². The number of halogens is 1. The van der Waals surface area contributed by atoms with Crippen LogP contribution in [0.2, 0.25) is 0 Å². The van der Waals surface area contributed by atoms with E-state index in [2.05, 4.69) is 0 Å². The number of benzene rings is 1. The number of hydrogen-bond donors (Lipinski definition) is 2. The summed E-state index contributed by atoms with van der Waals surface area (Å²) in [5.41, 5.74) is -0.910. The van der Waals surface area contributed by atoms with Gasteiger partial charge in [0.15, 0.2) is 11.6 Å². The van der Waals surface area contributed by atoms with Crippen LogP contribution >= 0.6 is 0 Å². The number of rotatable bonds is 6. The molecule has 1 amide bonds. The average Bonchev–Trinajstić information content (AvgIpc) is 3.26. The van der Waals surface area contributed by atoms with E-state index in [9.17, 15) is 23.1 Å². The van der Waals surface area contributed by atoms with Crippen LogP contribution in [0.5, 0.6) is 5.75 Å². The van der Waals surface area contributed by atoms with E-state index in [0.717, 1.165) is 37.8 Å². The molecule has 0 unspecified atom stereocenters. The van der Waals surface area contributed by atoms with Gasteiger partial charge in [0, 0.05) is 13.1 Å². The molecule has 2 N–H and O–H groups in total. The molecule has 5 aliphatic rings. The lowest BCUT2D eigenvalue weighted by Gasteiger charge is -2.53. The van der Waals surface area contributed by atoms with Crippen LogP contribution in [0.25, 0.3) is 0 Å². The first kappa shape index (κ1) is 21.6. The fraction of sp³-hybridized carbons (Fsp3) is 0.636. The first-order valence-electron chi connectivity index (χ1n) is 11.3. The Labute approximate surface area is 186 Å². The van der Waals surface area contributed by atoms with E-state index in [-0.39, 0.29) is 23.5 Å². The van der Waals surface area contributed by atoms with Crippen LogP contribution in [0.1, 0.15) is 65.7 Å². The van der Waals surface area contributed by atoms with Crippen molar-refractivity contribution in [2.45, 2.75) is 51.0 Å². The first-order chi connectivity index (χ1) is 15.2. The molecule has 10 heteroatoms. The summed E-state index contributed by atoms with van der Waals surface area (Å²) in [6.07, 6.45) is 6.29. The fourth-order valence-corrected chi connectivity index (χ4v) is 7.60. The van der Waals surface area contributed by atoms with Crippen molar-refractivity contribution in [1.29, 1.82) is 0 Å². The predicted molar refractivity (Wildman–Crippen MR) is 112 cm³/mol. The third-order valence-electron chi connectivity index (χ3n) is 7.59. The van der Waals surface area contributed by atoms with Crippen molar-refractivity contribution in [3.8, 4) is 5.75 Å². The predicted octanol–water partition coefficient (Wildman–Crippen LogP) is 2.80. The molecule has 6 rings (SSSR count). The minimum atomic E-state index is -4.07. The topological polar surface area (TPSA) is 113 Å². The maximum Gasteiger partial charge on any atom is 0.338 e. The van der Waals surface area contributed by atoms with Crippen molar-refractivity contribution in [1.82, 2.24) is 9.03 Å². The Hall–Kier alpha value is -2.20. The molecule has 0 atom stereocenters. The van der Waals surface area contributed by atoms with E-state index in [1.54, 1.807) is 0 Å². The molecule has 32 heavy (non-hydrogen) atoms. The van der Waals surface area contributed by atoms with Crippen molar-refractivity contribution in [3.63, 3.8) is 0 Å². The van der Waals surface area contributed by atoms with Gasteiger partial charge in [0.05, 0.1) is 11.1 Å². The molecule has 4 bridgehead atoms. The first-order valence-corrected chi connectivity index (χ1v) is 12.7. The number of nitrogens with one attached hydrogen (secondary N) is 1. The summed E-state index contributed by atoms with van der Waals surface area (Å²) in [7, 11) is -4.07. The number of ether oxygens (including phenoxy) is 1. The number of carbonyl (C=O) groups excluding carboxylic acids is 1. The molecule has 0 spiro atoms. The van der Waals surface area contributed by atoms with Crippen molar-refractivity contribution < 1.29 is 32.2 Å². The van der Waals surface area contributed by atoms with Crippen LogP contribution in [-0.2, 0) is 10.2 Å². The number of carboxylic acid groups (broad SMARTS) is 1. The lowest BCUT2D eigenvalue weighted by atomic mass is 9.55. The summed E-state index contributed by atoms with van der Waals surface area (Å²) in [5, 5.41) is 9.36. The molecular weight excluding hydrogens is 439 g/mol. The van der Waals surface area contributed by atoms with Gasteiger partial charge in [0.2, 0.25) is 0 Å². The van der Waals surface area contributed by atoms with Gasteiger partial charge >= 0.3 is 16.2 Å². The summed E-state index contributed by atoms with van der Waals surface area (Å²) in [5.74, 6) is -2.32. The summed E-state index contributed by atoms with van der Waals surface area (Å²) in [6, 6.07) is 2.10. The Morgan fingerprint density at radius 1 is 1.00 bits per heavy atom. The number of aromatic carboxylic acids is 1. The molecule has 0 aromatic heterocycles. The number of amides is 1. The second kappa shape index (κ2) is 7.98. The van der Waals surface area contributed by atoms with E-state index in [0.29, 0.717) is 37.8 Å². The van der Waals surface area contributed by atoms with Gasteiger partial charge in [-0.2, -0.15) is 12.7 Å². The highest BCUT2D eigenvalue weighted by Crippen LogP contribution is 2.55. The Morgan fingerprint density at radius 2 is 1.56 bits per heavy atom. The molecule has 4 aliphatic carbocycles. The van der Waals surface area contributed by atoms with Gasteiger partial charge in [-0.25, -0.2) is 13.9 Å². The third kappa shape index (κ3) is 3.77. The van der Waals surface area contributed by atoms with Crippen molar-refractivity contribution in [2.24, 2.45) is 23.7 Å². The van der Waals surface area contributed by atoms with Crippen molar-refractivity contribution in [2.75, 3.05) is 13.1 Å². The van der Waals surface area contributed by atoms with Gasteiger partial charge in [-0.05, 0) is 80.8 Å². The zero-order valence-corrected chi connectivity index (χ0v) is 18.4. The zero-order valence-electron chi connectivity index (χ0n) is 17.6. The maximum absolute atomic E-state index is 15.2. The highest BCUT2D eigenvalue weighted by atomic mass is 32.2. The van der Waals surface area contributed by atoms with E-state index < -0.39 is 39.2 Å². The standard InChI is InChI=1S/C22H27FN2O6S/c23-18-16(22(27)28)3-4-17(21(26)24-32(29,30)25-5-1-2-6-25)20(18)31-19-14-8-12-7-13(10-14)11-15(19)9-12/h3-4,12-15,19H,1-2,5-11H2,(H,24,26)(H,27,28). The average molecular weight is 467 g/mol. The number of hydrogen-bond acceptors (Lipinski definition) is 5. The van der Waals surface area contributed by atoms with E-state index in [1.165, 1.54) is 10.7 Å². The highest BCUT2D eigenvalue weighted by molar-refractivity contribution is 7.87. The smallest absolute Gasteiger partial charge is 0.338 e. The SMILES string of the molecule is O=C(O)c1ccc(C(=O)NS(=O)(=O)N2CCCC2)c(OC2C3CC4CC(C3)CC2C4)c1F. The van der Waals surface area contributed by atoms with Crippen LogP contribution in [0.15, 0.2) is 12.1 Å². The lowest BCUT2D eigenvalue weighted by Crippen LogP contribution is -2.51. The van der Waals surface area contributed by atoms with Crippen molar-refractivity contribution >= 4 is 22.1 Å². The highest BCUT2D eigenvalue weighted by Gasteiger charge is 2.50. The van der Waals surface area contributed by atoms with Gasteiger partial charge in [-0.3, -0.25) is 4.79 Å². The molecule has 0 radical (unpaired) electrons.